The number of aryl methyl sites for hydroxylation is 2. The molecule has 80 valence electrons. The highest BCUT2D eigenvalue weighted by Gasteiger charge is 2.05. The first-order chi connectivity index (χ1) is 6.59. The van der Waals surface area contributed by atoms with Gasteiger partial charge in [0.1, 0.15) is 5.76 Å². The highest BCUT2D eigenvalue weighted by Crippen LogP contribution is 2.21. The number of rotatable bonds is 5. The van der Waals surface area contributed by atoms with E-state index in [-0.39, 0.29) is 0 Å². The van der Waals surface area contributed by atoms with Crippen molar-refractivity contribution in [3.05, 3.63) is 11.5 Å². The summed E-state index contributed by atoms with van der Waals surface area (Å²) in [5.41, 5.74) is 6.64. The fraction of sp³-hybridized carbons (Fsp3) is 0.700. The Balaban J connectivity index is 2.25. The summed E-state index contributed by atoms with van der Waals surface area (Å²) in [6, 6.07) is 0.295. The molecule has 0 amide bonds. The van der Waals surface area contributed by atoms with Gasteiger partial charge in [0.25, 0.3) is 5.22 Å². The van der Waals surface area contributed by atoms with Crippen LogP contribution in [0.3, 0.4) is 0 Å². The summed E-state index contributed by atoms with van der Waals surface area (Å²) in [6.45, 7) is 5.93. The summed E-state index contributed by atoms with van der Waals surface area (Å²) < 4.78 is 5.44. The average Bonchev–Trinajstić information content (AvgIpc) is 2.40. The van der Waals surface area contributed by atoms with Crippen LogP contribution in [0.15, 0.2) is 9.64 Å². The highest BCUT2D eigenvalue weighted by atomic mass is 32.2. The first-order valence-electron chi connectivity index (χ1n) is 4.92. The van der Waals surface area contributed by atoms with Crippen molar-refractivity contribution >= 4 is 11.8 Å². The number of oxazole rings is 1. The molecule has 0 bridgehead atoms. The molecule has 0 saturated heterocycles. The minimum absolute atomic E-state index is 0.295. The van der Waals surface area contributed by atoms with Crippen LogP contribution in [0.2, 0.25) is 0 Å². The quantitative estimate of drug-likeness (QED) is 0.604. The van der Waals surface area contributed by atoms with E-state index < -0.39 is 0 Å². The smallest absolute Gasteiger partial charge is 0.256 e. The molecule has 1 aromatic rings. The molecule has 0 spiro atoms. The van der Waals surface area contributed by atoms with Crippen LogP contribution in [-0.4, -0.2) is 16.8 Å². The maximum Gasteiger partial charge on any atom is 0.256 e. The summed E-state index contributed by atoms with van der Waals surface area (Å²) in [5.74, 6) is 1.95. The molecule has 0 saturated carbocycles. The molecule has 4 heteroatoms. The molecule has 0 fully saturated rings. The lowest BCUT2D eigenvalue weighted by Crippen LogP contribution is -2.14. The van der Waals surface area contributed by atoms with E-state index in [0.717, 1.165) is 35.3 Å². The molecule has 0 radical (unpaired) electrons. The number of hydrogen-bond donors (Lipinski definition) is 1. The zero-order valence-corrected chi connectivity index (χ0v) is 9.86. The van der Waals surface area contributed by atoms with Gasteiger partial charge in [-0.15, -0.1) is 0 Å². The number of nitrogens with two attached hydrogens (primary N) is 1. The van der Waals surface area contributed by atoms with Crippen molar-refractivity contribution < 1.29 is 4.42 Å². The Hall–Kier alpha value is -0.480. The second kappa shape index (κ2) is 5.41. The van der Waals surface area contributed by atoms with E-state index in [1.807, 2.05) is 20.8 Å². The number of thioether (sulfide) groups is 1. The maximum absolute atomic E-state index is 5.65. The highest BCUT2D eigenvalue weighted by molar-refractivity contribution is 7.99. The minimum atomic E-state index is 0.295. The molecule has 1 rings (SSSR count). The fourth-order valence-electron chi connectivity index (χ4n) is 1.07. The van der Waals surface area contributed by atoms with E-state index >= 15 is 0 Å². The Morgan fingerprint density at radius 2 is 2.21 bits per heavy atom. The largest absolute Gasteiger partial charge is 0.437 e. The monoisotopic (exact) mass is 214 g/mol. The van der Waals surface area contributed by atoms with Gasteiger partial charge in [-0.25, -0.2) is 4.98 Å². The van der Waals surface area contributed by atoms with Crippen LogP contribution < -0.4 is 5.73 Å². The van der Waals surface area contributed by atoms with E-state index in [1.165, 1.54) is 0 Å². The van der Waals surface area contributed by atoms with Crippen molar-refractivity contribution in [2.75, 3.05) is 5.75 Å². The van der Waals surface area contributed by atoms with Gasteiger partial charge in [-0.05, 0) is 33.6 Å². The summed E-state index contributed by atoms with van der Waals surface area (Å²) in [4.78, 5) is 4.29. The Labute approximate surface area is 89.5 Å². The van der Waals surface area contributed by atoms with Gasteiger partial charge in [0.2, 0.25) is 0 Å². The standard InChI is InChI=1S/C10H18N2OS/c1-7(11)5-4-6-14-10-12-8(2)9(3)13-10/h7H,4-6,11H2,1-3H3. The zero-order valence-electron chi connectivity index (χ0n) is 9.04. The third-order valence-electron chi connectivity index (χ3n) is 2.04. The minimum Gasteiger partial charge on any atom is -0.437 e. The average molecular weight is 214 g/mol. The molecule has 14 heavy (non-hydrogen) atoms. The summed E-state index contributed by atoms with van der Waals surface area (Å²) in [5, 5.41) is 0.782. The molecule has 1 unspecified atom stereocenters. The molecule has 0 aliphatic rings. The second-order valence-electron chi connectivity index (χ2n) is 3.59. The van der Waals surface area contributed by atoms with Gasteiger partial charge in [0.05, 0.1) is 5.69 Å². The summed E-state index contributed by atoms with van der Waals surface area (Å²) in [6.07, 6.45) is 2.18. The first-order valence-corrected chi connectivity index (χ1v) is 5.90. The van der Waals surface area contributed by atoms with Gasteiger partial charge in [0, 0.05) is 11.8 Å². The van der Waals surface area contributed by atoms with E-state index in [1.54, 1.807) is 11.8 Å². The predicted octanol–water partition coefficient (Wildman–Crippen LogP) is 2.51. The van der Waals surface area contributed by atoms with Crippen molar-refractivity contribution in [3.8, 4) is 0 Å². The summed E-state index contributed by atoms with van der Waals surface area (Å²) >= 11 is 1.66. The van der Waals surface area contributed by atoms with Gasteiger partial charge in [0.15, 0.2) is 0 Å². The topological polar surface area (TPSA) is 52.0 Å². The maximum atomic E-state index is 5.65. The summed E-state index contributed by atoms with van der Waals surface area (Å²) in [7, 11) is 0. The van der Waals surface area contributed by atoms with E-state index in [4.69, 9.17) is 10.2 Å². The van der Waals surface area contributed by atoms with Crippen molar-refractivity contribution in [1.82, 2.24) is 4.98 Å². The van der Waals surface area contributed by atoms with Crippen molar-refractivity contribution in [3.63, 3.8) is 0 Å². The van der Waals surface area contributed by atoms with Gasteiger partial charge < -0.3 is 10.2 Å². The van der Waals surface area contributed by atoms with E-state index in [0.29, 0.717) is 6.04 Å². The molecule has 1 heterocycles. The normalized spacial score (nSPS) is 13.1. The van der Waals surface area contributed by atoms with E-state index in [9.17, 15) is 0 Å². The molecule has 0 aliphatic carbocycles. The van der Waals surface area contributed by atoms with Gasteiger partial charge in [-0.2, -0.15) is 0 Å². The Morgan fingerprint density at radius 3 is 2.71 bits per heavy atom. The Morgan fingerprint density at radius 1 is 1.50 bits per heavy atom. The molecule has 1 aromatic heterocycles. The van der Waals surface area contributed by atoms with Crippen LogP contribution in [0.25, 0.3) is 0 Å². The number of aromatic nitrogens is 1. The zero-order chi connectivity index (χ0) is 10.6. The number of nitrogens with zero attached hydrogens (tertiary/aromatic N) is 1. The van der Waals surface area contributed by atoms with Crippen LogP contribution in [-0.2, 0) is 0 Å². The van der Waals surface area contributed by atoms with Crippen molar-refractivity contribution in [2.24, 2.45) is 5.73 Å². The lowest BCUT2D eigenvalue weighted by atomic mass is 10.2. The van der Waals surface area contributed by atoms with Crippen molar-refractivity contribution in [1.29, 1.82) is 0 Å². The fourth-order valence-corrected chi connectivity index (χ4v) is 1.94. The molecular formula is C10H18N2OS. The molecule has 1 atom stereocenters. The SMILES string of the molecule is Cc1nc(SCCCC(C)N)oc1C. The van der Waals surface area contributed by atoms with Gasteiger partial charge >= 0.3 is 0 Å². The molecule has 0 aromatic carbocycles. The van der Waals surface area contributed by atoms with E-state index in [2.05, 4.69) is 4.98 Å². The Bertz CT molecular complexity index is 264. The molecule has 0 aliphatic heterocycles. The lowest BCUT2D eigenvalue weighted by Gasteiger charge is -2.02. The third kappa shape index (κ3) is 3.72. The van der Waals surface area contributed by atoms with Crippen LogP contribution in [0.4, 0.5) is 0 Å². The second-order valence-corrected chi connectivity index (χ2v) is 4.64. The number of hydrogen-bond acceptors (Lipinski definition) is 4. The van der Waals surface area contributed by atoms with Crippen LogP contribution >= 0.6 is 11.8 Å². The molecule has 3 nitrogen and oxygen atoms in total. The third-order valence-corrected chi connectivity index (χ3v) is 2.95. The van der Waals surface area contributed by atoms with Crippen LogP contribution in [0, 0.1) is 13.8 Å². The first kappa shape index (κ1) is 11.6. The lowest BCUT2D eigenvalue weighted by molar-refractivity contribution is 0.431. The van der Waals surface area contributed by atoms with Crippen LogP contribution in [0.5, 0.6) is 0 Å². The predicted molar refractivity (Wildman–Crippen MR) is 59.6 cm³/mol. The Kier molecular flexibility index (Phi) is 4.48. The van der Waals surface area contributed by atoms with Crippen LogP contribution in [0.1, 0.15) is 31.2 Å². The molecular weight excluding hydrogens is 196 g/mol. The molecule has 2 N–H and O–H groups in total. The van der Waals surface area contributed by atoms with Crippen molar-refractivity contribution in [2.45, 2.75) is 44.9 Å². The van der Waals surface area contributed by atoms with Gasteiger partial charge in [-0.3, -0.25) is 0 Å². The van der Waals surface area contributed by atoms with Gasteiger partial charge in [-0.1, -0.05) is 11.8 Å².